The van der Waals surface area contributed by atoms with Gasteiger partial charge in [0.25, 0.3) is 11.6 Å². The lowest BCUT2D eigenvalue weighted by Crippen LogP contribution is -2.33. The van der Waals surface area contributed by atoms with Crippen LogP contribution in [0.5, 0.6) is 0 Å². The second-order valence-corrected chi connectivity index (χ2v) is 7.68. The summed E-state index contributed by atoms with van der Waals surface area (Å²) in [6, 6.07) is 7.83. The normalized spacial score (nSPS) is 17.4. The van der Waals surface area contributed by atoms with Gasteiger partial charge >= 0.3 is 0 Å². The molecule has 5 nitrogen and oxygen atoms in total. The van der Waals surface area contributed by atoms with Crippen LogP contribution in [0.4, 0.5) is 14.5 Å². The number of amides is 1. The van der Waals surface area contributed by atoms with Crippen molar-refractivity contribution in [2.75, 3.05) is 18.8 Å². The highest BCUT2D eigenvalue weighted by Crippen LogP contribution is 2.36. The first kappa shape index (κ1) is 19.3. The van der Waals surface area contributed by atoms with Gasteiger partial charge in [-0.05, 0) is 37.6 Å². The molecule has 8 heteroatoms. The minimum absolute atomic E-state index is 0.0928. The maximum atomic E-state index is 14.0. The van der Waals surface area contributed by atoms with Crippen molar-refractivity contribution < 1.29 is 18.5 Å². The highest BCUT2D eigenvalue weighted by atomic mass is 32.2. The van der Waals surface area contributed by atoms with Crippen LogP contribution in [-0.2, 0) is 0 Å². The van der Waals surface area contributed by atoms with Gasteiger partial charge in [-0.1, -0.05) is 6.07 Å². The fourth-order valence-corrected chi connectivity index (χ4v) is 4.35. The average Bonchev–Trinajstić information content (AvgIpc) is 2.89. The van der Waals surface area contributed by atoms with E-state index in [4.69, 9.17) is 0 Å². The molecule has 0 aromatic heterocycles. The zero-order chi connectivity index (χ0) is 19.6. The molecular formula is C19H18F2N2O3S. The van der Waals surface area contributed by atoms with E-state index in [-0.39, 0.29) is 22.4 Å². The molecule has 1 saturated heterocycles. The number of nitro groups is 1. The van der Waals surface area contributed by atoms with Crippen molar-refractivity contribution in [1.29, 1.82) is 0 Å². The molecule has 1 aliphatic rings. The Kier molecular flexibility index (Phi) is 5.74. The van der Waals surface area contributed by atoms with E-state index in [0.29, 0.717) is 36.4 Å². The third-order valence-corrected chi connectivity index (χ3v) is 5.90. The zero-order valence-electron chi connectivity index (χ0n) is 14.7. The van der Waals surface area contributed by atoms with Crippen molar-refractivity contribution in [2.45, 2.75) is 18.6 Å². The molecule has 1 atom stereocenters. The van der Waals surface area contributed by atoms with E-state index in [1.165, 1.54) is 23.9 Å². The molecule has 0 bridgehead atoms. The van der Waals surface area contributed by atoms with Crippen LogP contribution in [0.3, 0.4) is 0 Å². The molecule has 0 saturated carbocycles. The SMILES string of the molecule is Cc1ccc(C(=O)N2CCSC(c3cc(F)ccc3F)CC2)cc1[N+](=O)[O-]. The van der Waals surface area contributed by atoms with Gasteiger partial charge in [-0.15, -0.1) is 0 Å². The Labute approximate surface area is 159 Å². The van der Waals surface area contributed by atoms with Crippen LogP contribution >= 0.6 is 11.8 Å². The number of thioether (sulfide) groups is 1. The molecule has 0 N–H and O–H groups in total. The number of carbonyl (C=O) groups excluding carboxylic acids is 1. The number of hydrogen-bond donors (Lipinski definition) is 0. The molecule has 1 heterocycles. The summed E-state index contributed by atoms with van der Waals surface area (Å²) in [6.07, 6.45) is 0.477. The Balaban J connectivity index is 1.76. The zero-order valence-corrected chi connectivity index (χ0v) is 15.5. The molecule has 0 radical (unpaired) electrons. The van der Waals surface area contributed by atoms with E-state index >= 15 is 0 Å². The van der Waals surface area contributed by atoms with E-state index in [9.17, 15) is 23.7 Å². The molecule has 1 amide bonds. The largest absolute Gasteiger partial charge is 0.338 e. The first-order valence-corrected chi connectivity index (χ1v) is 9.52. The molecule has 2 aromatic carbocycles. The van der Waals surface area contributed by atoms with E-state index in [1.807, 2.05) is 0 Å². The van der Waals surface area contributed by atoms with Gasteiger partial charge in [0, 0.05) is 46.8 Å². The van der Waals surface area contributed by atoms with E-state index < -0.39 is 16.6 Å². The fourth-order valence-electron chi connectivity index (χ4n) is 3.10. The Morgan fingerprint density at radius 1 is 1.22 bits per heavy atom. The quantitative estimate of drug-likeness (QED) is 0.570. The standard InChI is InChI=1S/C19H18F2N2O3S/c1-12-2-3-13(10-17(12)23(25)26)19(24)22-7-6-18(27-9-8-22)15-11-14(20)4-5-16(15)21/h2-5,10-11,18H,6-9H2,1H3. The number of carbonyl (C=O) groups is 1. The van der Waals surface area contributed by atoms with Crippen LogP contribution in [-0.4, -0.2) is 34.6 Å². The summed E-state index contributed by atoms with van der Waals surface area (Å²) in [6.45, 7) is 2.43. The Hall–Kier alpha value is -2.48. The molecule has 1 fully saturated rings. The number of hydrogen-bond acceptors (Lipinski definition) is 4. The third-order valence-electron chi connectivity index (χ3n) is 4.59. The molecule has 1 unspecified atom stereocenters. The van der Waals surface area contributed by atoms with Gasteiger partial charge in [0.2, 0.25) is 0 Å². The van der Waals surface area contributed by atoms with E-state index in [1.54, 1.807) is 24.0 Å². The number of benzene rings is 2. The number of aryl methyl sites for hydroxylation is 1. The van der Waals surface area contributed by atoms with Crippen molar-refractivity contribution in [3.63, 3.8) is 0 Å². The van der Waals surface area contributed by atoms with E-state index in [2.05, 4.69) is 0 Å². The Bertz CT molecular complexity index is 891. The highest BCUT2D eigenvalue weighted by Gasteiger charge is 2.26. The molecule has 142 valence electrons. The monoisotopic (exact) mass is 392 g/mol. The highest BCUT2D eigenvalue weighted by molar-refractivity contribution is 7.99. The average molecular weight is 392 g/mol. The van der Waals surface area contributed by atoms with Gasteiger partial charge in [0.05, 0.1) is 4.92 Å². The van der Waals surface area contributed by atoms with Crippen LogP contribution in [0.2, 0.25) is 0 Å². The topological polar surface area (TPSA) is 63.5 Å². The first-order valence-electron chi connectivity index (χ1n) is 8.47. The third kappa shape index (κ3) is 4.27. The fraction of sp³-hybridized carbons (Fsp3) is 0.316. The van der Waals surface area contributed by atoms with Crippen molar-refractivity contribution in [1.82, 2.24) is 4.90 Å². The summed E-state index contributed by atoms with van der Waals surface area (Å²) in [5.41, 5.74) is 0.960. The van der Waals surface area contributed by atoms with Crippen molar-refractivity contribution in [3.05, 3.63) is 74.8 Å². The number of halogens is 2. The maximum Gasteiger partial charge on any atom is 0.273 e. The molecule has 1 aliphatic heterocycles. The van der Waals surface area contributed by atoms with Gasteiger partial charge in [-0.3, -0.25) is 14.9 Å². The predicted octanol–water partition coefficient (Wildman–Crippen LogP) is 4.50. The smallest absolute Gasteiger partial charge is 0.273 e. The minimum Gasteiger partial charge on any atom is -0.338 e. The number of rotatable bonds is 3. The Morgan fingerprint density at radius 2 is 2.00 bits per heavy atom. The lowest BCUT2D eigenvalue weighted by Gasteiger charge is -2.20. The van der Waals surface area contributed by atoms with Crippen molar-refractivity contribution >= 4 is 23.4 Å². The summed E-state index contributed by atoms with van der Waals surface area (Å²) >= 11 is 1.48. The lowest BCUT2D eigenvalue weighted by molar-refractivity contribution is -0.385. The first-order chi connectivity index (χ1) is 12.9. The number of nitrogens with zero attached hydrogens (tertiary/aromatic N) is 2. The van der Waals surface area contributed by atoms with E-state index in [0.717, 1.165) is 12.1 Å². The summed E-state index contributed by atoms with van der Waals surface area (Å²) < 4.78 is 27.5. The second-order valence-electron chi connectivity index (χ2n) is 6.36. The summed E-state index contributed by atoms with van der Waals surface area (Å²) in [4.78, 5) is 25.0. The van der Waals surface area contributed by atoms with Gasteiger partial charge in [-0.2, -0.15) is 11.8 Å². The van der Waals surface area contributed by atoms with Crippen LogP contribution in [0.15, 0.2) is 36.4 Å². The van der Waals surface area contributed by atoms with Crippen LogP contribution in [0.1, 0.15) is 33.2 Å². The second kappa shape index (κ2) is 8.04. The molecule has 3 rings (SSSR count). The summed E-state index contributed by atoms with van der Waals surface area (Å²) in [5.74, 6) is -0.668. The number of nitro benzene ring substituents is 1. The predicted molar refractivity (Wildman–Crippen MR) is 99.9 cm³/mol. The van der Waals surface area contributed by atoms with Gasteiger partial charge < -0.3 is 4.90 Å². The Morgan fingerprint density at radius 3 is 2.74 bits per heavy atom. The van der Waals surface area contributed by atoms with Crippen LogP contribution < -0.4 is 0 Å². The molecule has 0 spiro atoms. The van der Waals surface area contributed by atoms with Gasteiger partial charge in [-0.25, -0.2) is 8.78 Å². The van der Waals surface area contributed by atoms with Gasteiger partial charge in [0.15, 0.2) is 0 Å². The minimum atomic E-state index is -0.507. The van der Waals surface area contributed by atoms with Crippen LogP contribution in [0, 0.1) is 28.7 Å². The lowest BCUT2D eigenvalue weighted by atomic mass is 10.1. The van der Waals surface area contributed by atoms with Crippen molar-refractivity contribution in [3.8, 4) is 0 Å². The maximum absolute atomic E-state index is 14.0. The van der Waals surface area contributed by atoms with Crippen molar-refractivity contribution in [2.24, 2.45) is 0 Å². The van der Waals surface area contributed by atoms with Crippen LogP contribution in [0.25, 0.3) is 0 Å². The molecule has 2 aromatic rings. The van der Waals surface area contributed by atoms with Gasteiger partial charge in [0.1, 0.15) is 11.6 Å². The summed E-state index contributed by atoms with van der Waals surface area (Å²) in [7, 11) is 0. The molecular weight excluding hydrogens is 374 g/mol. The molecule has 27 heavy (non-hydrogen) atoms. The molecule has 0 aliphatic carbocycles. The summed E-state index contributed by atoms with van der Waals surface area (Å²) in [5, 5.41) is 10.9.